The zero-order valence-corrected chi connectivity index (χ0v) is 4.90. The average molecular weight is 114 g/mol. The molecule has 0 bridgehead atoms. The second kappa shape index (κ2) is 2.81. The van der Waals surface area contributed by atoms with Crippen molar-refractivity contribution in [2.75, 3.05) is 12.8 Å². The Morgan fingerprint density at radius 1 is 1.57 bits per heavy atom. The molecule has 0 atom stereocenters. The van der Waals surface area contributed by atoms with Gasteiger partial charge < -0.3 is 4.74 Å². The summed E-state index contributed by atoms with van der Waals surface area (Å²) in [5.74, 6) is 2.09. The zero-order chi connectivity index (χ0) is 4.95. The molecule has 1 heterocycles. The van der Waals surface area contributed by atoms with Gasteiger partial charge >= 0.3 is 0 Å². The Kier molecular flexibility index (Phi) is 1.95. The summed E-state index contributed by atoms with van der Waals surface area (Å²) in [4.78, 5) is 0. The van der Waals surface area contributed by atoms with E-state index in [4.69, 9.17) is 4.74 Å². The van der Waals surface area contributed by atoms with Crippen LogP contribution < -0.4 is 0 Å². The van der Waals surface area contributed by atoms with Crippen LogP contribution in [0.4, 0.5) is 0 Å². The molecule has 1 rings (SSSR count). The highest BCUT2D eigenvalue weighted by Crippen LogP contribution is 1.97. The SMILES string of the molecule is C1=COCCP=C1. The first kappa shape index (κ1) is 4.86. The van der Waals surface area contributed by atoms with Crippen LogP contribution in [0.15, 0.2) is 12.3 Å². The molecule has 1 aliphatic rings. The average Bonchev–Trinajstić information content (AvgIpc) is 1.90. The minimum absolute atomic E-state index is 0.870. The van der Waals surface area contributed by atoms with Gasteiger partial charge in [-0.05, 0) is 11.9 Å². The molecule has 0 aromatic rings. The highest BCUT2D eigenvalue weighted by atomic mass is 31.1. The summed E-state index contributed by atoms with van der Waals surface area (Å²) in [7, 11) is 1.37. The normalized spacial score (nSPS) is 20.6. The molecular formula is C5H7OP. The minimum Gasteiger partial charge on any atom is -0.500 e. The summed E-state index contributed by atoms with van der Waals surface area (Å²) in [5.41, 5.74) is 0. The van der Waals surface area contributed by atoms with Crippen LogP contribution in [-0.4, -0.2) is 18.6 Å². The lowest BCUT2D eigenvalue weighted by atomic mass is 10.7. The molecule has 0 fully saturated rings. The van der Waals surface area contributed by atoms with Gasteiger partial charge in [0.25, 0.3) is 0 Å². The predicted molar refractivity (Wildman–Crippen MR) is 32.9 cm³/mol. The number of rotatable bonds is 0. The highest BCUT2D eigenvalue weighted by molar-refractivity contribution is 7.38. The van der Waals surface area contributed by atoms with Crippen LogP contribution in [0.3, 0.4) is 0 Å². The molecule has 0 spiro atoms. The van der Waals surface area contributed by atoms with Gasteiger partial charge in [0.1, 0.15) is 0 Å². The van der Waals surface area contributed by atoms with Crippen molar-refractivity contribution in [1.29, 1.82) is 0 Å². The van der Waals surface area contributed by atoms with Crippen molar-refractivity contribution in [3.63, 3.8) is 0 Å². The highest BCUT2D eigenvalue weighted by Gasteiger charge is 1.80. The summed E-state index contributed by atoms with van der Waals surface area (Å²) in [6.45, 7) is 0.870. The first-order chi connectivity index (χ1) is 3.50. The maximum absolute atomic E-state index is 4.98. The van der Waals surface area contributed by atoms with Gasteiger partial charge in [-0.25, -0.2) is 0 Å². The van der Waals surface area contributed by atoms with E-state index in [0.29, 0.717) is 0 Å². The van der Waals surface area contributed by atoms with Crippen LogP contribution in [0.1, 0.15) is 0 Å². The third-order valence-corrected chi connectivity index (χ3v) is 1.53. The fraction of sp³-hybridized carbons (Fsp3) is 0.400. The van der Waals surface area contributed by atoms with E-state index in [0.717, 1.165) is 12.8 Å². The Balaban J connectivity index is 2.39. The van der Waals surface area contributed by atoms with Crippen LogP contribution >= 0.6 is 8.20 Å². The number of hydrogen-bond acceptors (Lipinski definition) is 1. The van der Waals surface area contributed by atoms with Crippen molar-refractivity contribution in [3.05, 3.63) is 12.3 Å². The molecule has 0 aromatic carbocycles. The fourth-order valence-electron chi connectivity index (χ4n) is 0.400. The second-order valence-corrected chi connectivity index (χ2v) is 2.37. The molecule has 0 N–H and O–H groups in total. The third-order valence-electron chi connectivity index (χ3n) is 0.705. The number of ether oxygens (including phenoxy) is 1. The molecule has 0 aromatic heterocycles. The molecule has 0 amide bonds. The van der Waals surface area contributed by atoms with Crippen LogP contribution in [-0.2, 0) is 4.74 Å². The fourth-order valence-corrected chi connectivity index (χ4v) is 0.951. The summed E-state index contributed by atoms with van der Waals surface area (Å²) in [5, 5.41) is 0. The van der Waals surface area contributed by atoms with Gasteiger partial charge in [-0.1, -0.05) is 0 Å². The molecule has 2 heteroatoms. The molecule has 0 radical (unpaired) electrons. The monoisotopic (exact) mass is 114 g/mol. The van der Waals surface area contributed by atoms with Crippen molar-refractivity contribution in [1.82, 2.24) is 0 Å². The van der Waals surface area contributed by atoms with Crippen molar-refractivity contribution in [3.8, 4) is 0 Å². The van der Waals surface area contributed by atoms with Gasteiger partial charge in [-0.15, -0.1) is 8.20 Å². The molecule has 0 aliphatic carbocycles. The Morgan fingerprint density at radius 3 is 3.57 bits per heavy atom. The zero-order valence-electron chi connectivity index (χ0n) is 4.00. The Bertz CT molecular complexity index is 84.3. The maximum Gasteiger partial charge on any atom is 0.0948 e. The molecule has 0 unspecified atom stereocenters. The van der Waals surface area contributed by atoms with Gasteiger partial charge in [-0.2, -0.15) is 0 Å². The van der Waals surface area contributed by atoms with E-state index in [2.05, 4.69) is 5.80 Å². The third kappa shape index (κ3) is 1.75. The summed E-state index contributed by atoms with van der Waals surface area (Å²) in [6, 6.07) is 0. The van der Waals surface area contributed by atoms with Crippen LogP contribution in [0.25, 0.3) is 0 Å². The van der Waals surface area contributed by atoms with E-state index in [1.165, 1.54) is 8.20 Å². The van der Waals surface area contributed by atoms with Gasteiger partial charge in [0.2, 0.25) is 0 Å². The maximum atomic E-state index is 4.98. The van der Waals surface area contributed by atoms with Crippen LogP contribution in [0, 0.1) is 0 Å². The van der Waals surface area contributed by atoms with Crippen molar-refractivity contribution in [2.24, 2.45) is 0 Å². The molecular weight excluding hydrogens is 107 g/mol. The standard InChI is InChI=1S/C5H7OP/c1-2-6-3-5-7-4-1/h1-2,4H,3,5H2. The topological polar surface area (TPSA) is 9.23 Å². The van der Waals surface area contributed by atoms with E-state index in [1.807, 2.05) is 6.08 Å². The molecule has 1 aliphatic heterocycles. The molecule has 1 nitrogen and oxygen atoms in total. The summed E-state index contributed by atoms with van der Waals surface area (Å²) in [6.07, 6.45) is 4.81. The van der Waals surface area contributed by atoms with Gasteiger partial charge in [0.05, 0.1) is 12.9 Å². The predicted octanol–water partition coefficient (Wildman–Crippen LogP) is 1.28. The van der Waals surface area contributed by atoms with Gasteiger partial charge in [0.15, 0.2) is 0 Å². The summed E-state index contributed by atoms with van der Waals surface area (Å²) >= 11 is 0. The molecule has 0 saturated heterocycles. The Morgan fingerprint density at radius 2 is 2.57 bits per heavy atom. The quantitative estimate of drug-likeness (QED) is 0.431. The van der Waals surface area contributed by atoms with Crippen molar-refractivity contribution >= 4 is 14.0 Å². The van der Waals surface area contributed by atoms with Gasteiger partial charge in [0, 0.05) is 6.16 Å². The lowest BCUT2D eigenvalue weighted by molar-refractivity contribution is 0.273. The Hall–Kier alpha value is -0.290. The second-order valence-electron chi connectivity index (χ2n) is 1.25. The number of allylic oxidation sites excluding steroid dienone is 1. The first-order valence-corrected chi connectivity index (χ1v) is 3.41. The van der Waals surface area contributed by atoms with Crippen molar-refractivity contribution < 1.29 is 4.74 Å². The Labute approximate surface area is 44.8 Å². The lowest BCUT2D eigenvalue weighted by Crippen LogP contribution is -1.84. The smallest absolute Gasteiger partial charge is 0.0948 e. The first-order valence-electron chi connectivity index (χ1n) is 2.27. The van der Waals surface area contributed by atoms with Gasteiger partial charge in [-0.3, -0.25) is 0 Å². The van der Waals surface area contributed by atoms with Crippen molar-refractivity contribution in [2.45, 2.75) is 0 Å². The molecule has 38 valence electrons. The van der Waals surface area contributed by atoms with E-state index < -0.39 is 0 Å². The van der Waals surface area contributed by atoms with E-state index in [1.54, 1.807) is 6.26 Å². The van der Waals surface area contributed by atoms with Crippen LogP contribution in [0.2, 0.25) is 0 Å². The largest absolute Gasteiger partial charge is 0.500 e. The lowest BCUT2D eigenvalue weighted by Gasteiger charge is -1.89. The number of hydrogen-bond donors (Lipinski definition) is 0. The summed E-state index contributed by atoms with van der Waals surface area (Å²) < 4.78 is 4.98. The van der Waals surface area contributed by atoms with E-state index in [9.17, 15) is 0 Å². The molecule has 0 saturated carbocycles. The molecule has 7 heavy (non-hydrogen) atoms. The van der Waals surface area contributed by atoms with Crippen LogP contribution in [0.5, 0.6) is 0 Å². The van der Waals surface area contributed by atoms with E-state index in [-0.39, 0.29) is 0 Å². The minimum atomic E-state index is 0.870. The van der Waals surface area contributed by atoms with E-state index >= 15 is 0 Å².